The molecule has 0 aliphatic carbocycles. The number of aryl methyl sites for hydroxylation is 2. The molecule has 39 heavy (non-hydrogen) atoms. The molecule has 1 amide bonds. The van der Waals surface area contributed by atoms with Crippen LogP contribution in [-0.4, -0.2) is 14.3 Å². The number of anilines is 1. The molecule has 1 aliphatic rings. The lowest BCUT2D eigenvalue weighted by molar-refractivity contribution is -0.113. The average molecular weight is 534 g/mol. The van der Waals surface area contributed by atoms with Gasteiger partial charge >= 0.3 is 0 Å². The Morgan fingerprint density at radius 1 is 0.795 bits per heavy atom. The summed E-state index contributed by atoms with van der Waals surface area (Å²) in [6, 6.07) is 31.7. The summed E-state index contributed by atoms with van der Waals surface area (Å²) in [5.74, 6) is -0.511. The molecule has 1 aromatic heterocycles. The minimum absolute atomic E-state index is 0.0425. The Bertz CT molecular complexity index is 1820. The van der Waals surface area contributed by atoms with Gasteiger partial charge in [0.25, 0.3) is 15.9 Å². The van der Waals surface area contributed by atoms with Gasteiger partial charge in [-0.05, 0) is 61.2 Å². The number of hydrogen-bond acceptors (Lipinski definition) is 4. The third-order valence-corrected chi connectivity index (χ3v) is 8.90. The SMILES string of the molecule is Cc1ccc(S(=O)(=O)N2C(=O)/C=C(/c3ccccc3)C[C@@H](c3ccccc3)c3oc4ccc(C)cc4c32)cc1. The summed E-state index contributed by atoms with van der Waals surface area (Å²) in [6.45, 7) is 3.83. The number of furan rings is 1. The van der Waals surface area contributed by atoms with Crippen molar-refractivity contribution in [1.82, 2.24) is 0 Å². The number of benzene rings is 4. The van der Waals surface area contributed by atoms with Crippen molar-refractivity contribution in [2.45, 2.75) is 31.1 Å². The van der Waals surface area contributed by atoms with Crippen molar-refractivity contribution in [3.8, 4) is 0 Å². The van der Waals surface area contributed by atoms with E-state index in [-0.39, 0.29) is 16.5 Å². The first kappa shape index (κ1) is 24.9. The van der Waals surface area contributed by atoms with Gasteiger partial charge in [-0.2, -0.15) is 4.31 Å². The molecule has 1 atom stereocenters. The highest BCUT2D eigenvalue weighted by Crippen LogP contribution is 2.47. The van der Waals surface area contributed by atoms with Gasteiger partial charge in [-0.1, -0.05) is 90.0 Å². The smallest absolute Gasteiger partial charge is 0.271 e. The molecule has 0 spiro atoms. The van der Waals surface area contributed by atoms with E-state index < -0.39 is 15.9 Å². The molecule has 1 aliphatic heterocycles. The molecule has 194 valence electrons. The number of amides is 1. The first-order chi connectivity index (χ1) is 18.8. The Hall–Kier alpha value is -4.42. The van der Waals surface area contributed by atoms with Crippen LogP contribution in [0.2, 0.25) is 0 Å². The lowest BCUT2D eigenvalue weighted by Gasteiger charge is -2.28. The van der Waals surface area contributed by atoms with Crippen LogP contribution in [0.1, 0.15) is 40.4 Å². The molecular weight excluding hydrogens is 506 g/mol. The van der Waals surface area contributed by atoms with Crippen LogP contribution in [0.3, 0.4) is 0 Å². The zero-order valence-corrected chi connectivity index (χ0v) is 22.5. The number of carbonyl (C=O) groups excluding carboxylic acids is 1. The molecule has 6 heteroatoms. The average Bonchev–Trinajstić information content (AvgIpc) is 3.28. The Morgan fingerprint density at radius 2 is 1.44 bits per heavy atom. The maximum Gasteiger partial charge on any atom is 0.271 e. The fourth-order valence-electron chi connectivity index (χ4n) is 5.21. The number of hydrogen-bond donors (Lipinski definition) is 0. The molecule has 6 rings (SSSR count). The Kier molecular flexibility index (Phi) is 6.20. The molecule has 5 aromatic rings. The van der Waals surface area contributed by atoms with Gasteiger partial charge in [0.15, 0.2) is 0 Å². The Balaban J connectivity index is 1.68. The molecule has 2 heterocycles. The van der Waals surface area contributed by atoms with Crippen LogP contribution in [-0.2, 0) is 14.8 Å². The zero-order valence-electron chi connectivity index (χ0n) is 21.7. The van der Waals surface area contributed by atoms with Crippen LogP contribution < -0.4 is 4.31 Å². The van der Waals surface area contributed by atoms with Crippen LogP contribution in [0.4, 0.5) is 5.69 Å². The largest absolute Gasteiger partial charge is 0.458 e. The number of sulfonamides is 1. The van der Waals surface area contributed by atoms with Crippen LogP contribution in [0.5, 0.6) is 0 Å². The van der Waals surface area contributed by atoms with Gasteiger partial charge in [0.05, 0.1) is 4.90 Å². The van der Waals surface area contributed by atoms with E-state index in [1.165, 1.54) is 6.08 Å². The maximum absolute atomic E-state index is 14.3. The summed E-state index contributed by atoms with van der Waals surface area (Å²) >= 11 is 0. The fraction of sp³-hybridized carbons (Fsp3) is 0.121. The normalized spacial score (nSPS) is 17.3. The summed E-state index contributed by atoms with van der Waals surface area (Å²) in [6.07, 6.45) is 1.93. The summed E-state index contributed by atoms with van der Waals surface area (Å²) in [7, 11) is -4.29. The summed E-state index contributed by atoms with van der Waals surface area (Å²) in [4.78, 5) is 14.1. The van der Waals surface area contributed by atoms with Crippen molar-refractivity contribution < 1.29 is 17.6 Å². The Morgan fingerprint density at radius 3 is 2.13 bits per heavy atom. The molecule has 0 bridgehead atoms. The van der Waals surface area contributed by atoms with Gasteiger partial charge < -0.3 is 4.42 Å². The minimum Gasteiger partial charge on any atom is -0.458 e. The number of rotatable bonds is 4. The number of fused-ring (bicyclic) bond motifs is 3. The second-order valence-electron chi connectivity index (χ2n) is 9.94. The van der Waals surface area contributed by atoms with Crippen molar-refractivity contribution in [3.63, 3.8) is 0 Å². The molecule has 0 unspecified atom stereocenters. The van der Waals surface area contributed by atoms with Crippen LogP contribution in [0, 0.1) is 13.8 Å². The minimum atomic E-state index is -4.29. The first-order valence-corrected chi connectivity index (χ1v) is 14.3. The third-order valence-electron chi connectivity index (χ3n) is 7.19. The zero-order chi connectivity index (χ0) is 27.1. The first-order valence-electron chi connectivity index (χ1n) is 12.8. The molecule has 5 nitrogen and oxygen atoms in total. The summed E-state index contributed by atoms with van der Waals surface area (Å²) in [5, 5.41) is 0.589. The monoisotopic (exact) mass is 533 g/mol. The van der Waals surface area contributed by atoms with Gasteiger partial charge in [0.2, 0.25) is 0 Å². The van der Waals surface area contributed by atoms with Gasteiger partial charge in [0.1, 0.15) is 17.0 Å². The second-order valence-corrected chi connectivity index (χ2v) is 11.7. The van der Waals surface area contributed by atoms with E-state index in [1.54, 1.807) is 24.3 Å². The molecule has 0 saturated heterocycles. The summed E-state index contributed by atoms with van der Waals surface area (Å²) in [5.41, 5.74) is 5.23. The molecule has 0 fully saturated rings. The third kappa shape index (κ3) is 4.47. The quantitative estimate of drug-likeness (QED) is 0.242. The predicted molar refractivity (Wildman–Crippen MR) is 154 cm³/mol. The van der Waals surface area contributed by atoms with Crippen molar-refractivity contribution >= 4 is 38.2 Å². The molecule has 0 N–H and O–H groups in total. The highest BCUT2D eigenvalue weighted by molar-refractivity contribution is 7.93. The second kappa shape index (κ2) is 9.71. The van der Waals surface area contributed by atoms with Crippen molar-refractivity contribution in [3.05, 3.63) is 137 Å². The molecular formula is C33H27NO4S. The van der Waals surface area contributed by atoms with Crippen LogP contribution in [0.25, 0.3) is 16.5 Å². The van der Waals surface area contributed by atoms with E-state index in [0.29, 0.717) is 23.2 Å². The van der Waals surface area contributed by atoms with Crippen molar-refractivity contribution in [2.75, 3.05) is 4.31 Å². The van der Waals surface area contributed by atoms with Gasteiger partial charge in [-0.3, -0.25) is 4.79 Å². The lowest BCUT2D eigenvalue weighted by atomic mass is 9.85. The van der Waals surface area contributed by atoms with E-state index in [4.69, 9.17) is 4.42 Å². The topological polar surface area (TPSA) is 67.6 Å². The fourth-order valence-corrected chi connectivity index (χ4v) is 6.62. The van der Waals surface area contributed by atoms with Crippen molar-refractivity contribution in [2.24, 2.45) is 0 Å². The highest BCUT2D eigenvalue weighted by atomic mass is 32.2. The van der Waals surface area contributed by atoms with E-state index in [1.807, 2.05) is 92.7 Å². The molecule has 0 saturated carbocycles. The van der Waals surface area contributed by atoms with Gasteiger partial charge in [0, 0.05) is 17.4 Å². The summed E-state index contributed by atoms with van der Waals surface area (Å²) < 4.78 is 36.0. The van der Waals surface area contributed by atoms with E-state index in [9.17, 15) is 13.2 Å². The Labute approximate surface area is 228 Å². The highest BCUT2D eigenvalue weighted by Gasteiger charge is 2.39. The predicted octanol–water partition coefficient (Wildman–Crippen LogP) is 7.39. The standard InChI is InChI=1S/C33H27NO4S/c1-22-13-16-27(17-14-22)39(36,37)34-31(35)21-26(24-9-5-3-6-10-24)20-28(25-11-7-4-8-12-25)33-32(34)29-19-23(2)15-18-30(29)38-33/h3-19,21,28H,20H2,1-2H3/b26-21+/t28-/m0/s1. The van der Waals surface area contributed by atoms with Crippen molar-refractivity contribution in [1.29, 1.82) is 0 Å². The molecule has 4 aromatic carbocycles. The number of allylic oxidation sites excluding steroid dienone is 1. The number of nitrogens with zero attached hydrogens (tertiary/aromatic N) is 1. The maximum atomic E-state index is 14.3. The van der Waals surface area contributed by atoms with Crippen LogP contribution >= 0.6 is 0 Å². The van der Waals surface area contributed by atoms with Crippen LogP contribution in [0.15, 0.2) is 119 Å². The van der Waals surface area contributed by atoms with Gasteiger partial charge in [-0.25, -0.2) is 8.42 Å². The lowest BCUT2D eigenvalue weighted by Crippen LogP contribution is -2.37. The van der Waals surface area contributed by atoms with E-state index >= 15 is 0 Å². The van der Waals surface area contributed by atoms with E-state index in [0.717, 1.165) is 32.1 Å². The number of carbonyl (C=O) groups is 1. The van der Waals surface area contributed by atoms with E-state index in [2.05, 4.69) is 0 Å². The molecule has 0 radical (unpaired) electrons. The van der Waals surface area contributed by atoms with Gasteiger partial charge in [-0.15, -0.1) is 0 Å².